The average molecular weight is 261 g/mol. The summed E-state index contributed by atoms with van der Waals surface area (Å²) < 4.78 is 0. The summed E-state index contributed by atoms with van der Waals surface area (Å²) in [5.41, 5.74) is 0.866. The Kier molecular flexibility index (Phi) is 4.93. The van der Waals surface area contributed by atoms with E-state index >= 15 is 0 Å². The number of anilines is 1. The van der Waals surface area contributed by atoms with Gasteiger partial charge >= 0.3 is 0 Å². The second-order valence-corrected chi connectivity index (χ2v) is 5.24. The monoisotopic (exact) mass is 261 g/mol. The molecule has 2 N–H and O–H groups in total. The highest BCUT2D eigenvalue weighted by Gasteiger charge is 2.29. The zero-order valence-corrected chi connectivity index (χ0v) is 11.7. The Morgan fingerprint density at radius 3 is 2.84 bits per heavy atom. The van der Waals surface area contributed by atoms with E-state index in [9.17, 15) is 4.79 Å². The number of likely N-dealkylation sites (tertiary alicyclic amines) is 1. The molecule has 0 aliphatic carbocycles. The quantitative estimate of drug-likeness (QED) is 0.845. The minimum absolute atomic E-state index is 0.0675. The van der Waals surface area contributed by atoms with Crippen molar-refractivity contribution >= 4 is 11.6 Å². The summed E-state index contributed by atoms with van der Waals surface area (Å²) >= 11 is 0. The molecule has 0 radical (unpaired) electrons. The van der Waals surface area contributed by atoms with Crippen LogP contribution in [-0.2, 0) is 4.79 Å². The number of amides is 1. The fourth-order valence-corrected chi connectivity index (χ4v) is 2.60. The van der Waals surface area contributed by atoms with Crippen LogP contribution in [0.15, 0.2) is 30.3 Å². The van der Waals surface area contributed by atoms with Gasteiger partial charge in [0.25, 0.3) is 0 Å². The maximum absolute atomic E-state index is 12.2. The van der Waals surface area contributed by atoms with Crippen molar-refractivity contribution in [2.24, 2.45) is 5.92 Å². The van der Waals surface area contributed by atoms with E-state index in [1.165, 1.54) is 6.42 Å². The van der Waals surface area contributed by atoms with E-state index in [1.54, 1.807) is 0 Å². The van der Waals surface area contributed by atoms with Crippen molar-refractivity contribution in [1.29, 1.82) is 0 Å². The molecule has 4 nitrogen and oxygen atoms in total. The molecule has 1 heterocycles. The molecule has 4 heteroatoms. The molecule has 1 aromatic rings. The molecule has 19 heavy (non-hydrogen) atoms. The lowest BCUT2D eigenvalue weighted by molar-refractivity contribution is -0.120. The van der Waals surface area contributed by atoms with Gasteiger partial charge in [-0.2, -0.15) is 0 Å². The van der Waals surface area contributed by atoms with Crippen LogP contribution < -0.4 is 10.6 Å². The van der Waals surface area contributed by atoms with Gasteiger partial charge in [0.15, 0.2) is 0 Å². The van der Waals surface area contributed by atoms with Gasteiger partial charge in [-0.3, -0.25) is 9.69 Å². The standard InChI is InChI=1S/C15H23N3O/c1-12(18-9-8-13(11-18)10-16-2)15(19)17-14-6-4-3-5-7-14/h3-7,12-13,16H,8-11H2,1-2H3,(H,17,19). The number of para-hydroxylation sites is 1. The first-order valence-electron chi connectivity index (χ1n) is 6.95. The molecule has 2 atom stereocenters. The summed E-state index contributed by atoms with van der Waals surface area (Å²) in [4.78, 5) is 14.5. The third kappa shape index (κ3) is 3.78. The van der Waals surface area contributed by atoms with E-state index < -0.39 is 0 Å². The number of hydrogen-bond acceptors (Lipinski definition) is 3. The molecular formula is C15H23N3O. The maximum Gasteiger partial charge on any atom is 0.241 e. The van der Waals surface area contributed by atoms with Crippen molar-refractivity contribution in [3.8, 4) is 0 Å². The minimum Gasteiger partial charge on any atom is -0.325 e. The van der Waals surface area contributed by atoms with Gasteiger partial charge in [-0.1, -0.05) is 18.2 Å². The lowest BCUT2D eigenvalue weighted by Crippen LogP contribution is -2.41. The first kappa shape index (κ1) is 14.0. The number of hydrogen-bond donors (Lipinski definition) is 2. The molecule has 1 fully saturated rings. The van der Waals surface area contributed by atoms with Crippen LogP contribution in [0.3, 0.4) is 0 Å². The highest BCUT2D eigenvalue weighted by molar-refractivity contribution is 5.94. The van der Waals surface area contributed by atoms with Crippen LogP contribution in [0.4, 0.5) is 5.69 Å². The first-order valence-corrected chi connectivity index (χ1v) is 6.95. The molecule has 0 bridgehead atoms. The van der Waals surface area contributed by atoms with Gasteiger partial charge < -0.3 is 10.6 Å². The van der Waals surface area contributed by atoms with E-state index in [2.05, 4.69) is 15.5 Å². The van der Waals surface area contributed by atoms with Crippen LogP contribution in [0.25, 0.3) is 0 Å². The topological polar surface area (TPSA) is 44.4 Å². The molecule has 0 aromatic heterocycles. The van der Waals surface area contributed by atoms with Crippen molar-refractivity contribution in [1.82, 2.24) is 10.2 Å². The van der Waals surface area contributed by atoms with Gasteiger partial charge in [0.1, 0.15) is 0 Å². The normalized spacial score (nSPS) is 21.3. The molecule has 104 valence electrons. The van der Waals surface area contributed by atoms with Crippen molar-refractivity contribution < 1.29 is 4.79 Å². The molecule has 2 rings (SSSR count). The highest BCUT2D eigenvalue weighted by atomic mass is 16.2. The third-order valence-corrected chi connectivity index (χ3v) is 3.78. The Bertz CT molecular complexity index is 407. The highest BCUT2D eigenvalue weighted by Crippen LogP contribution is 2.18. The molecule has 1 saturated heterocycles. The summed E-state index contributed by atoms with van der Waals surface area (Å²) in [6.45, 7) is 5.03. The predicted molar refractivity (Wildman–Crippen MR) is 78.1 cm³/mol. The summed E-state index contributed by atoms with van der Waals surface area (Å²) in [6, 6.07) is 9.57. The number of rotatable bonds is 5. The van der Waals surface area contributed by atoms with Crippen molar-refractivity contribution in [3.05, 3.63) is 30.3 Å². The Morgan fingerprint density at radius 1 is 1.42 bits per heavy atom. The Hall–Kier alpha value is -1.39. The second kappa shape index (κ2) is 6.68. The smallest absolute Gasteiger partial charge is 0.241 e. The van der Waals surface area contributed by atoms with Gasteiger partial charge in [-0.25, -0.2) is 0 Å². The average Bonchev–Trinajstić information content (AvgIpc) is 2.88. The molecular weight excluding hydrogens is 238 g/mol. The zero-order chi connectivity index (χ0) is 13.7. The number of nitrogens with one attached hydrogen (secondary N) is 2. The third-order valence-electron chi connectivity index (χ3n) is 3.78. The zero-order valence-electron chi connectivity index (χ0n) is 11.7. The fourth-order valence-electron chi connectivity index (χ4n) is 2.60. The van der Waals surface area contributed by atoms with Crippen LogP contribution in [0, 0.1) is 5.92 Å². The minimum atomic E-state index is -0.0675. The molecule has 2 unspecified atom stereocenters. The molecule has 0 spiro atoms. The Labute approximate surface area is 115 Å². The van der Waals surface area contributed by atoms with Crippen LogP contribution in [0.5, 0.6) is 0 Å². The lowest BCUT2D eigenvalue weighted by atomic mass is 10.1. The Morgan fingerprint density at radius 2 is 2.16 bits per heavy atom. The van der Waals surface area contributed by atoms with Crippen LogP contribution in [0.1, 0.15) is 13.3 Å². The van der Waals surface area contributed by atoms with Gasteiger partial charge in [0, 0.05) is 12.2 Å². The molecule has 1 aliphatic heterocycles. The van der Waals surface area contributed by atoms with Gasteiger partial charge in [-0.05, 0) is 51.5 Å². The summed E-state index contributed by atoms with van der Waals surface area (Å²) in [5.74, 6) is 0.744. The first-order chi connectivity index (χ1) is 9.20. The molecule has 1 aliphatic rings. The van der Waals surface area contributed by atoms with Crippen LogP contribution >= 0.6 is 0 Å². The van der Waals surface area contributed by atoms with Gasteiger partial charge in [-0.15, -0.1) is 0 Å². The van der Waals surface area contributed by atoms with E-state index in [1.807, 2.05) is 44.3 Å². The lowest BCUT2D eigenvalue weighted by Gasteiger charge is -2.23. The summed E-state index contributed by atoms with van der Waals surface area (Å²) in [6.07, 6.45) is 1.17. The van der Waals surface area contributed by atoms with Crippen molar-refractivity contribution in [3.63, 3.8) is 0 Å². The summed E-state index contributed by atoms with van der Waals surface area (Å²) in [5, 5.41) is 6.18. The van der Waals surface area contributed by atoms with Crippen LogP contribution in [0.2, 0.25) is 0 Å². The SMILES string of the molecule is CNCC1CCN(C(C)C(=O)Nc2ccccc2)C1. The van der Waals surface area contributed by atoms with Crippen LogP contribution in [-0.4, -0.2) is 43.5 Å². The predicted octanol–water partition coefficient (Wildman–Crippen LogP) is 1.55. The number of benzene rings is 1. The maximum atomic E-state index is 12.2. The Balaban J connectivity index is 1.86. The fraction of sp³-hybridized carbons (Fsp3) is 0.533. The molecule has 1 amide bonds. The largest absolute Gasteiger partial charge is 0.325 e. The number of carbonyl (C=O) groups is 1. The van der Waals surface area contributed by atoms with Crippen molar-refractivity contribution in [2.75, 3.05) is 32.0 Å². The van der Waals surface area contributed by atoms with Gasteiger partial charge in [0.2, 0.25) is 5.91 Å². The van der Waals surface area contributed by atoms with E-state index in [0.717, 1.165) is 25.3 Å². The number of nitrogens with zero attached hydrogens (tertiary/aromatic N) is 1. The van der Waals surface area contributed by atoms with Gasteiger partial charge in [0.05, 0.1) is 6.04 Å². The van der Waals surface area contributed by atoms with E-state index in [0.29, 0.717) is 5.92 Å². The molecule has 0 saturated carbocycles. The van der Waals surface area contributed by atoms with E-state index in [4.69, 9.17) is 0 Å². The van der Waals surface area contributed by atoms with Crippen molar-refractivity contribution in [2.45, 2.75) is 19.4 Å². The van der Waals surface area contributed by atoms with E-state index in [-0.39, 0.29) is 11.9 Å². The molecule has 1 aromatic carbocycles. The second-order valence-electron chi connectivity index (χ2n) is 5.24. The summed E-state index contributed by atoms with van der Waals surface area (Å²) in [7, 11) is 1.98. The number of carbonyl (C=O) groups excluding carboxylic acids is 1.